The maximum absolute atomic E-state index is 12.6. The van der Waals surface area contributed by atoms with Crippen molar-refractivity contribution in [1.82, 2.24) is 0 Å². The molecule has 0 saturated heterocycles. The predicted molar refractivity (Wildman–Crippen MR) is 94.6 cm³/mol. The van der Waals surface area contributed by atoms with Gasteiger partial charge in [-0.1, -0.05) is 0 Å². The van der Waals surface area contributed by atoms with Gasteiger partial charge in [-0.2, -0.15) is 0 Å². The highest BCUT2D eigenvalue weighted by atomic mass is 16.5. The van der Waals surface area contributed by atoms with Gasteiger partial charge >= 0.3 is 5.97 Å². The standard InChI is InChI=1S/C19H23NO6/c1-6-25-19(22)17-16(15(10(2)21)11(3)26-18(17)20)13-9-12(23-4)7-8-14(13)24-5/h7-9,16H,6,20H2,1-5H3/t16-/m1/s1. The van der Waals surface area contributed by atoms with Gasteiger partial charge in [0.2, 0.25) is 5.88 Å². The summed E-state index contributed by atoms with van der Waals surface area (Å²) in [5, 5.41) is 0. The van der Waals surface area contributed by atoms with Crippen molar-refractivity contribution in [2.45, 2.75) is 26.7 Å². The molecule has 0 unspecified atom stereocenters. The molecule has 1 aliphatic rings. The molecule has 0 aliphatic carbocycles. The third kappa shape index (κ3) is 3.51. The Hall–Kier alpha value is -2.96. The normalized spacial score (nSPS) is 16.9. The van der Waals surface area contributed by atoms with Crippen LogP contribution in [0.3, 0.4) is 0 Å². The summed E-state index contributed by atoms with van der Waals surface area (Å²) in [5.41, 5.74) is 6.93. The number of ketones is 1. The van der Waals surface area contributed by atoms with Crippen molar-refractivity contribution in [3.05, 3.63) is 46.6 Å². The van der Waals surface area contributed by atoms with E-state index in [4.69, 9.17) is 24.7 Å². The van der Waals surface area contributed by atoms with Gasteiger partial charge in [-0.3, -0.25) is 4.79 Å². The Balaban J connectivity index is 2.77. The number of Topliss-reactive ketones (excluding diaryl/α,β-unsaturated/α-hetero) is 1. The van der Waals surface area contributed by atoms with Crippen molar-refractivity contribution in [2.24, 2.45) is 5.73 Å². The van der Waals surface area contributed by atoms with Crippen LogP contribution < -0.4 is 15.2 Å². The Morgan fingerprint density at radius 2 is 1.88 bits per heavy atom. The van der Waals surface area contributed by atoms with Crippen molar-refractivity contribution in [2.75, 3.05) is 20.8 Å². The van der Waals surface area contributed by atoms with Crippen LogP contribution in [0.15, 0.2) is 41.0 Å². The SMILES string of the molecule is CCOC(=O)C1=C(N)OC(C)=C(C(C)=O)[C@H]1c1cc(OC)ccc1OC. The minimum atomic E-state index is -0.787. The molecular formula is C19H23NO6. The molecule has 0 bridgehead atoms. The zero-order chi connectivity index (χ0) is 19.4. The number of methoxy groups -OCH3 is 2. The summed E-state index contributed by atoms with van der Waals surface area (Å²) in [7, 11) is 3.03. The van der Waals surface area contributed by atoms with Crippen molar-refractivity contribution in [3.8, 4) is 11.5 Å². The Bertz CT molecular complexity index is 793. The summed E-state index contributed by atoms with van der Waals surface area (Å²) in [5.74, 6) is -0.407. The van der Waals surface area contributed by atoms with Crippen LogP contribution in [0, 0.1) is 0 Å². The molecule has 1 atom stereocenters. The molecule has 140 valence electrons. The zero-order valence-corrected chi connectivity index (χ0v) is 15.5. The molecule has 0 saturated carbocycles. The molecule has 1 aliphatic heterocycles. The number of rotatable bonds is 6. The number of carbonyl (C=O) groups excluding carboxylic acids is 2. The Kier molecular flexibility index (Phi) is 5.92. The lowest BCUT2D eigenvalue weighted by Crippen LogP contribution is -2.29. The van der Waals surface area contributed by atoms with Gasteiger partial charge in [0, 0.05) is 11.1 Å². The van der Waals surface area contributed by atoms with Gasteiger partial charge in [0.25, 0.3) is 0 Å². The highest BCUT2D eigenvalue weighted by molar-refractivity contribution is 6.01. The molecule has 1 heterocycles. The average molecular weight is 361 g/mol. The molecule has 7 nitrogen and oxygen atoms in total. The third-order valence-electron chi connectivity index (χ3n) is 4.11. The van der Waals surface area contributed by atoms with Gasteiger partial charge in [-0.15, -0.1) is 0 Å². The average Bonchev–Trinajstić information content (AvgIpc) is 2.60. The summed E-state index contributed by atoms with van der Waals surface area (Å²) in [6, 6.07) is 5.13. The number of ether oxygens (including phenoxy) is 4. The largest absolute Gasteiger partial charge is 0.497 e. The molecule has 0 radical (unpaired) electrons. The van der Waals surface area contributed by atoms with Crippen molar-refractivity contribution < 1.29 is 28.5 Å². The van der Waals surface area contributed by atoms with E-state index in [0.29, 0.717) is 28.4 Å². The number of benzene rings is 1. The molecular weight excluding hydrogens is 338 g/mol. The van der Waals surface area contributed by atoms with E-state index in [2.05, 4.69) is 0 Å². The molecule has 2 N–H and O–H groups in total. The van der Waals surface area contributed by atoms with E-state index in [0.717, 1.165) is 0 Å². The van der Waals surface area contributed by atoms with E-state index < -0.39 is 11.9 Å². The number of esters is 1. The summed E-state index contributed by atoms with van der Waals surface area (Å²) in [4.78, 5) is 24.9. The van der Waals surface area contributed by atoms with E-state index >= 15 is 0 Å². The predicted octanol–water partition coefficient (Wildman–Crippen LogP) is 2.41. The fourth-order valence-electron chi connectivity index (χ4n) is 3.02. The zero-order valence-electron chi connectivity index (χ0n) is 15.5. The first-order valence-electron chi connectivity index (χ1n) is 8.13. The monoisotopic (exact) mass is 361 g/mol. The van der Waals surface area contributed by atoms with Crippen LogP contribution in [0.1, 0.15) is 32.3 Å². The summed E-state index contributed by atoms with van der Waals surface area (Å²) < 4.78 is 21.3. The number of nitrogens with two attached hydrogens (primary N) is 1. The van der Waals surface area contributed by atoms with Gasteiger partial charge in [0.1, 0.15) is 22.8 Å². The first-order valence-corrected chi connectivity index (χ1v) is 8.13. The smallest absolute Gasteiger partial charge is 0.340 e. The highest BCUT2D eigenvalue weighted by Gasteiger charge is 2.39. The second-order valence-corrected chi connectivity index (χ2v) is 5.67. The molecule has 0 amide bonds. The van der Waals surface area contributed by atoms with Crippen LogP contribution in [-0.4, -0.2) is 32.6 Å². The van der Waals surface area contributed by atoms with Gasteiger partial charge in [-0.25, -0.2) is 4.79 Å². The van der Waals surface area contributed by atoms with Crippen molar-refractivity contribution in [1.29, 1.82) is 0 Å². The molecule has 0 fully saturated rings. The second-order valence-electron chi connectivity index (χ2n) is 5.67. The summed E-state index contributed by atoms with van der Waals surface area (Å²) in [6.45, 7) is 4.89. The first-order chi connectivity index (χ1) is 12.3. The van der Waals surface area contributed by atoms with Crippen LogP contribution in [0.5, 0.6) is 11.5 Å². The molecule has 26 heavy (non-hydrogen) atoms. The fraction of sp³-hybridized carbons (Fsp3) is 0.368. The van der Waals surface area contributed by atoms with Crippen LogP contribution in [0.2, 0.25) is 0 Å². The molecule has 7 heteroatoms. The van der Waals surface area contributed by atoms with E-state index in [-0.39, 0.29) is 23.8 Å². The maximum Gasteiger partial charge on any atom is 0.340 e. The Morgan fingerprint density at radius 1 is 1.19 bits per heavy atom. The van der Waals surface area contributed by atoms with Gasteiger partial charge in [-0.05, 0) is 39.0 Å². The number of allylic oxidation sites excluding steroid dienone is 2. The van der Waals surface area contributed by atoms with Gasteiger partial charge in [0.15, 0.2) is 5.78 Å². The lowest BCUT2D eigenvalue weighted by molar-refractivity contribution is -0.139. The summed E-state index contributed by atoms with van der Waals surface area (Å²) in [6.07, 6.45) is 0. The van der Waals surface area contributed by atoms with Crippen LogP contribution in [0.25, 0.3) is 0 Å². The minimum Gasteiger partial charge on any atom is -0.497 e. The number of hydrogen-bond acceptors (Lipinski definition) is 7. The highest BCUT2D eigenvalue weighted by Crippen LogP contribution is 2.44. The lowest BCUT2D eigenvalue weighted by atomic mass is 9.80. The third-order valence-corrected chi connectivity index (χ3v) is 4.11. The van der Waals surface area contributed by atoms with Crippen molar-refractivity contribution in [3.63, 3.8) is 0 Å². The van der Waals surface area contributed by atoms with Crippen molar-refractivity contribution >= 4 is 11.8 Å². The number of hydrogen-bond donors (Lipinski definition) is 1. The number of carbonyl (C=O) groups is 2. The molecule has 1 aromatic carbocycles. The summed E-state index contributed by atoms with van der Waals surface area (Å²) >= 11 is 0. The van der Waals surface area contributed by atoms with E-state index in [1.807, 2.05) is 0 Å². The van der Waals surface area contributed by atoms with Crippen LogP contribution >= 0.6 is 0 Å². The fourth-order valence-corrected chi connectivity index (χ4v) is 3.02. The second kappa shape index (κ2) is 7.95. The maximum atomic E-state index is 12.6. The lowest BCUT2D eigenvalue weighted by Gasteiger charge is -2.29. The molecule has 1 aromatic rings. The topological polar surface area (TPSA) is 97.1 Å². The minimum absolute atomic E-state index is 0.0641. The van der Waals surface area contributed by atoms with Crippen LogP contribution in [0.4, 0.5) is 0 Å². The van der Waals surface area contributed by atoms with E-state index in [1.165, 1.54) is 21.1 Å². The quantitative estimate of drug-likeness (QED) is 0.777. The molecule has 0 aromatic heterocycles. The Labute approximate surface area is 152 Å². The van der Waals surface area contributed by atoms with E-state index in [9.17, 15) is 9.59 Å². The van der Waals surface area contributed by atoms with E-state index in [1.54, 1.807) is 32.0 Å². The van der Waals surface area contributed by atoms with Gasteiger partial charge in [0.05, 0.1) is 26.7 Å². The Morgan fingerprint density at radius 3 is 2.42 bits per heavy atom. The first kappa shape index (κ1) is 19.4. The molecule has 0 spiro atoms. The molecule has 2 rings (SSSR count). The van der Waals surface area contributed by atoms with Crippen LogP contribution in [-0.2, 0) is 19.1 Å². The van der Waals surface area contributed by atoms with Gasteiger partial charge < -0.3 is 24.7 Å².